The number of hydrogen-bond donors (Lipinski definition) is 2. The number of ether oxygens (including phenoxy) is 2. The summed E-state index contributed by atoms with van der Waals surface area (Å²) in [7, 11) is 0. The fourth-order valence-electron chi connectivity index (χ4n) is 3.96. The van der Waals surface area contributed by atoms with E-state index < -0.39 is 0 Å². The highest BCUT2D eigenvalue weighted by Gasteiger charge is 2.17. The average molecular weight is 499 g/mol. The molecule has 2 N–H and O–H groups in total. The molecule has 0 bridgehead atoms. The van der Waals surface area contributed by atoms with Gasteiger partial charge in [-0.3, -0.25) is 9.59 Å². The zero-order chi connectivity index (χ0) is 26.4. The van der Waals surface area contributed by atoms with Crippen LogP contribution in [0.1, 0.15) is 46.0 Å². The van der Waals surface area contributed by atoms with Gasteiger partial charge in [0.1, 0.15) is 0 Å². The number of hydrogen-bond acceptors (Lipinski definition) is 5. The average Bonchev–Trinajstić information content (AvgIpc) is 3.19. The van der Waals surface area contributed by atoms with Crippen LogP contribution in [0.3, 0.4) is 0 Å². The lowest BCUT2D eigenvalue weighted by atomic mass is 10.1. The zero-order valence-corrected chi connectivity index (χ0v) is 21.4. The van der Waals surface area contributed by atoms with Crippen LogP contribution in [0.15, 0.2) is 72.8 Å². The van der Waals surface area contributed by atoms with Crippen molar-refractivity contribution in [3.8, 4) is 17.2 Å². The Balaban J connectivity index is 1.50. The van der Waals surface area contributed by atoms with Crippen molar-refractivity contribution in [3.05, 3.63) is 95.3 Å². The predicted molar refractivity (Wildman–Crippen MR) is 144 cm³/mol. The summed E-state index contributed by atoms with van der Waals surface area (Å²) >= 11 is 0. The van der Waals surface area contributed by atoms with E-state index in [4.69, 9.17) is 9.47 Å². The normalized spacial score (nSPS) is 10.6. The van der Waals surface area contributed by atoms with Crippen LogP contribution >= 0.6 is 0 Å². The number of rotatable bonds is 9. The first kappa shape index (κ1) is 25.5. The van der Waals surface area contributed by atoms with E-state index in [1.807, 2.05) is 58.0 Å². The second kappa shape index (κ2) is 11.4. The van der Waals surface area contributed by atoms with Gasteiger partial charge in [0, 0.05) is 16.8 Å². The van der Waals surface area contributed by atoms with Crippen molar-refractivity contribution in [1.29, 1.82) is 0 Å². The van der Waals surface area contributed by atoms with Gasteiger partial charge >= 0.3 is 0 Å². The van der Waals surface area contributed by atoms with Crippen LogP contribution in [0.25, 0.3) is 5.69 Å². The number of aryl methyl sites for hydroxylation is 1. The first-order valence-corrected chi connectivity index (χ1v) is 12.1. The quantitative estimate of drug-likeness (QED) is 0.305. The van der Waals surface area contributed by atoms with Gasteiger partial charge in [0.25, 0.3) is 11.8 Å². The molecule has 4 rings (SSSR count). The molecule has 0 saturated carbocycles. The summed E-state index contributed by atoms with van der Waals surface area (Å²) in [5.41, 5.74) is 4.42. The lowest BCUT2D eigenvalue weighted by Gasteiger charge is -2.13. The van der Waals surface area contributed by atoms with Crippen molar-refractivity contribution >= 4 is 23.2 Å². The largest absolute Gasteiger partial charge is 0.490 e. The molecule has 37 heavy (non-hydrogen) atoms. The lowest BCUT2D eigenvalue weighted by Crippen LogP contribution is -2.15. The number of benzene rings is 3. The Morgan fingerprint density at radius 1 is 0.784 bits per heavy atom. The van der Waals surface area contributed by atoms with Crippen LogP contribution < -0.4 is 20.1 Å². The van der Waals surface area contributed by atoms with Gasteiger partial charge in [0.05, 0.1) is 36.0 Å². The number of carbonyl (C=O) groups excluding carboxylic acids is 2. The number of aromatic nitrogens is 2. The summed E-state index contributed by atoms with van der Waals surface area (Å²) in [6.45, 7) is 8.46. The number of carbonyl (C=O) groups is 2. The van der Waals surface area contributed by atoms with Crippen LogP contribution in [0, 0.1) is 13.8 Å². The van der Waals surface area contributed by atoms with Crippen molar-refractivity contribution in [2.75, 3.05) is 23.8 Å². The van der Waals surface area contributed by atoms with Crippen molar-refractivity contribution in [2.45, 2.75) is 27.7 Å². The van der Waals surface area contributed by atoms with E-state index in [0.29, 0.717) is 52.9 Å². The van der Waals surface area contributed by atoms with Crippen LogP contribution in [0.4, 0.5) is 11.4 Å². The Hall–Kier alpha value is -4.59. The van der Waals surface area contributed by atoms with Gasteiger partial charge in [0.2, 0.25) is 0 Å². The van der Waals surface area contributed by atoms with Crippen molar-refractivity contribution in [3.63, 3.8) is 0 Å². The molecule has 8 nitrogen and oxygen atoms in total. The van der Waals surface area contributed by atoms with E-state index in [1.165, 1.54) is 0 Å². The van der Waals surface area contributed by atoms with Crippen LogP contribution in [-0.4, -0.2) is 34.8 Å². The number of anilines is 2. The fourth-order valence-corrected chi connectivity index (χ4v) is 3.96. The summed E-state index contributed by atoms with van der Waals surface area (Å²) < 4.78 is 13.0. The second-order valence-corrected chi connectivity index (χ2v) is 8.31. The van der Waals surface area contributed by atoms with Gasteiger partial charge in [-0.1, -0.05) is 24.3 Å². The Kier molecular flexibility index (Phi) is 7.88. The summed E-state index contributed by atoms with van der Waals surface area (Å²) in [4.78, 5) is 26.0. The summed E-state index contributed by atoms with van der Waals surface area (Å²) in [6, 6.07) is 21.6. The third-order valence-corrected chi connectivity index (χ3v) is 5.72. The minimum absolute atomic E-state index is 0.297. The Labute approximate surface area is 216 Å². The molecule has 0 radical (unpaired) electrons. The standard InChI is InChI=1S/C29H30N4O4/c1-5-36-25-16-15-22(18-26(25)37-6-2)28(34)30-23-12-10-11-21(17-23)29(35)31-27-19(3)32-33(20(27)4)24-13-8-7-9-14-24/h7-18H,5-6H2,1-4H3,(H,30,34)(H,31,35). The minimum atomic E-state index is -0.322. The van der Waals surface area contributed by atoms with Gasteiger partial charge in [0.15, 0.2) is 11.5 Å². The molecule has 1 aromatic heterocycles. The van der Waals surface area contributed by atoms with Gasteiger partial charge in [-0.15, -0.1) is 0 Å². The highest BCUT2D eigenvalue weighted by atomic mass is 16.5. The maximum atomic E-state index is 13.1. The van der Waals surface area contributed by atoms with E-state index in [0.717, 1.165) is 11.4 Å². The van der Waals surface area contributed by atoms with Crippen molar-refractivity contribution < 1.29 is 19.1 Å². The number of nitrogens with zero attached hydrogens (tertiary/aromatic N) is 2. The molecule has 0 saturated heterocycles. The summed E-state index contributed by atoms with van der Waals surface area (Å²) in [5.74, 6) is 0.472. The van der Waals surface area contributed by atoms with Gasteiger partial charge in [-0.05, 0) is 76.2 Å². The van der Waals surface area contributed by atoms with E-state index in [2.05, 4.69) is 15.7 Å². The molecule has 0 unspecified atom stereocenters. The molecule has 0 fully saturated rings. The molecule has 0 aliphatic rings. The monoisotopic (exact) mass is 498 g/mol. The first-order chi connectivity index (χ1) is 17.9. The molecule has 0 aliphatic heterocycles. The number of nitrogens with one attached hydrogen (secondary N) is 2. The molecule has 0 atom stereocenters. The van der Waals surface area contributed by atoms with Crippen LogP contribution in [0.2, 0.25) is 0 Å². The maximum absolute atomic E-state index is 13.1. The molecular weight excluding hydrogens is 468 g/mol. The molecule has 0 spiro atoms. The highest BCUT2D eigenvalue weighted by molar-refractivity contribution is 6.08. The smallest absolute Gasteiger partial charge is 0.255 e. The first-order valence-electron chi connectivity index (χ1n) is 12.1. The molecule has 0 aliphatic carbocycles. The summed E-state index contributed by atoms with van der Waals surface area (Å²) in [6.07, 6.45) is 0. The Morgan fingerprint density at radius 3 is 2.19 bits per heavy atom. The van der Waals surface area contributed by atoms with Crippen molar-refractivity contribution in [1.82, 2.24) is 9.78 Å². The van der Waals surface area contributed by atoms with E-state index in [9.17, 15) is 9.59 Å². The fraction of sp³-hybridized carbons (Fsp3) is 0.207. The highest BCUT2D eigenvalue weighted by Crippen LogP contribution is 2.29. The molecular formula is C29H30N4O4. The third kappa shape index (κ3) is 5.81. The number of amides is 2. The molecule has 8 heteroatoms. The van der Waals surface area contributed by atoms with Crippen LogP contribution in [0.5, 0.6) is 11.5 Å². The predicted octanol–water partition coefficient (Wildman–Crippen LogP) is 5.79. The maximum Gasteiger partial charge on any atom is 0.255 e. The Morgan fingerprint density at radius 2 is 1.46 bits per heavy atom. The minimum Gasteiger partial charge on any atom is -0.490 e. The molecule has 1 heterocycles. The molecule has 190 valence electrons. The van der Waals surface area contributed by atoms with Gasteiger partial charge < -0.3 is 20.1 Å². The van der Waals surface area contributed by atoms with E-state index in [1.54, 1.807) is 47.1 Å². The molecule has 2 amide bonds. The van der Waals surface area contributed by atoms with Gasteiger partial charge in [-0.25, -0.2) is 4.68 Å². The molecule has 4 aromatic rings. The van der Waals surface area contributed by atoms with Crippen LogP contribution in [-0.2, 0) is 0 Å². The van der Waals surface area contributed by atoms with E-state index >= 15 is 0 Å². The van der Waals surface area contributed by atoms with Crippen molar-refractivity contribution in [2.24, 2.45) is 0 Å². The zero-order valence-electron chi connectivity index (χ0n) is 21.4. The Bertz CT molecular complexity index is 1410. The second-order valence-electron chi connectivity index (χ2n) is 8.31. The SMILES string of the molecule is CCOc1ccc(C(=O)Nc2cccc(C(=O)Nc3c(C)nn(-c4ccccc4)c3C)c2)cc1OCC. The summed E-state index contributed by atoms with van der Waals surface area (Å²) in [5, 5.41) is 10.4. The number of para-hydroxylation sites is 1. The topological polar surface area (TPSA) is 94.5 Å². The van der Waals surface area contributed by atoms with E-state index in [-0.39, 0.29) is 11.8 Å². The molecule has 3 aromatic carbocycles. The lowest BCUT2D eigenvalue weighted by molar-refractivity contribution is 0.101. The third-order valence-electron chi connectivity index (χ3n) is 5.72. The van der Waals surface area contributed by atoms with Gasteiger partial charge in [-0.2, -0.15) is 5.10 Å².